The number of piperidine rings is 1. The summed E-state index contributed by atoms with van der Waals surface area (Å²) >= 11 is 5.84. The van der Waals surface area contributed by atoms with Gasteiger partial charge in [-0.25, -0.2) is 4.79 Å². The van der Waals surface area contributed by atoms with Gasteiger partial charge in [-0.1, -0.05) is 29.8 Å². The number of hydrogen-bond donors (Lipinski definition) is 2. The summed E-state index contributed by atoms with van der Waals surface area (Å²) in [6, 6.07) is 16.1. The van der Waals surface area contributed by atoms with E-state index in [4.69, 9.17) is 16.0 Å². The maximum absolute atomic E-state index is 12.7. The summed E-state index contributed by atoms with van der Waals surface area (Å²) < 4.78 is 5.69. The van der Waals surface area contributed by atoms with Crippen LogP contribution >= 0.6 is 11.6 Å². The molecule has 150 valence electrons. The molecule has 0 aliphatic carbocycles. The Morgan fingerprint density at radius 1 is 1.07 bits per heavy atom. The lowest BCUT2D eigenvalue weighted by Gasteiger charge is -2.31. The Bertz CT molecular complexity index is 975. The summed E-state index contributed by atoms with van der Waals surface area (Å²) in [5.74, 6) is 0.642. The number of anilines is 1. The normalized spacial score (nSPS) is 14.7. The summed E-state index contributed by atoms with van der Waals surface area (Å²) in [7, 11) is 0. The van der Waals surface area contributed by atoms with Crippen LogP contribution in [0.15, 0.2) is 59.0 Å². The van der Waals surface area contributed by atoms with Crippen LogP contribution in [0.1, 0.15) is 23.4 Å². The Kier molecular flexibility index (Phi) is 5.71. The van der Waals surface area contributed by atoms with Crippen molar-refractivity contribution in [2.24, 2.45) is 5.92 Å². The van der Waals surface area contributed by atoms with Crippen LogP contribution in [0.25, 0.3) is 11.0 Å². The molecule has 1 fully saturated rings. The topological polar surface area (TPSA) is 74.6 Å². The number of likely N-dealkylation sites (tertiary alicyclic amines) is 1. The van der Waals surface area contributed by atoms with Crippen LogP contribution < -0.4 is 10.6 Å². The van der Waals surface area contributed by atoms with E-state index in [1.807, 2.05) is 29.2 Å². The predicted molar refractivity (Wildman–Crippen MR) is 113 cm³/mol. The maximum Gasteiger partial charge on any atom is 0.319 e. The SMILES string of the molecule is O=C(NCC1CCN(C(=O)c2cc3ccccc3o2)CC1)Nc1ccc(Cl)cc1. The minimum absolute atomic E-state index is 0.0758. The fraction of sp³-hybridized carbons (Fsp3) is 0.273. The zero-order valence-electron chi connectivity index (χ0n) is 15.9. The van der Waals surface area contributed by atoms with Gasteiger partial charge in [0.25, 0.3) is 5.91 Å². The lowest BCUT2D eigenvalue weighted by Crippen LogP contribution is -2.42. The van der Waals surface area contributed by atoms with Crippen LogP contribution in [0.4, 0.5) is 10.5 Å². The van der Waals surface area contributed by atoms with Crippen LogP contribution in [-0.2, 0) is 0 Å². The van der Waals surface area contributed by atoms with Crippen LogP contribution in [0.2, 0.25) is 5.02 Å². The first-order valence-corrected chi connectivity index (χ1v) is 10.0. The van der Waals surface area contributed by atoms with Gasteiger partial charge < -0.3 is 20.0 Å². The first kappa shape index (κ1) is 19.3. The number of amides is 3. The number of carbonyl (C=O) groups excluding carboxylic acids is 2. The van der Waals surface area contributed by atoms with Gasteiger partial charge in [-0.15, -0.1) is 0 Å². The Morgan fingerprint density at radius 3 is 2.52 bits per heavy atom. The van der Waals surface area contributed by atoms with E-state index >= 15 is 0 Å². The van der Waals surface area contributed by atoms with E-state index in [1.54, 1.807) is 30.3 Å². The molecule has 1 saturated heterocycles. The molecule has 0 radical (unpaired) electrons. The van der Waals surface area contributed by atoms with Gasteiger partial charge in [0.15, 0.2) is 5.76 Å². The highest BCUT2D eigenvalue weighted by molar-refractivity contribution is 6.30. The Balaban J connectivity index is 1.24. The molecule has 2 aromatic carbocycles. The highest BCUT2D eigenvalue weighted by Gasteiger charge is 2.26. The van der Waals surface area contributed by atoms with E-state index in [-0.39, 0.29) is 11.9 Å². The third-order valence-corrected chi connectivity index (χ3v) is 5.44. The molecule has 7 heteroatoms. The Morgan fingerprint density at radius 2 is 1.79 bits per heavy atom. The molecule has 0 bridgehead atoms. The van der Waals surface area contributed by atoms with E-state index in [0.29, 0.717) is 42.0 Å². The molecule has 3 aromatic rings. The lowest BCUT2D eigenvalue weighted by atomic mass is 9.96. The number of fused-ring (bicyclic) bond motifs is 1. The van der Waals surface area contributed by atoms with E-state index in [1.165, 1.54) is 0 Å². The van der Waals surface area contributed by atoms with Crippen molar-refractivity contribution >= 4 is 40.2 Å². The number of furan rings is 1. The standard InChI is InChI=1S/C22H22ClN3O3/c23-17-5-7-18(8-6-17)25-22(28)24-14-15-9-11-26(12-10-15)21(27)20-13-16-3-1-2-4-19(16)29-20/h1-8,13,15H,9-12,14H2,(H2,24,25,28). The average molecular weight is 412 g/mol. The number of para-hydroxylation sites is 1. The van der Waals surface area contributed by atoms with Crippen molar-refractivity contribution in [1.82, 2.24) is 10.2 Å². The summed E-state index contributed by atoms with van der Waals surface area (Å²) in [4.78, 5) is 26.6. The molecule has 1 aliphatic heterocycles. The number of hydrogen-bond acceptors (Lipinski definition) is 3. The van der Waals surface area contributed by atoms with Crippen molar-refractivity contribution in [3.8, 4) is 0 Å². The number of nitrogens with zero attached hydrogens (tertiary/aromatic N) is 1. The van der Waals surface area contributed by atoms with Gasteiger partial charge in [-0.05, 0) is 55.2 Å². The first-order valence-electron chi connectivity index (χ1n) is 9.67. The van der Waals surface area contributed by atoms with Crippen molar-refractivity contribution in [1.29, 1.82) is 0 Å². The van der Waals surface area contributed by atoms with Crippen LogP contribution in [0.5, 0.6) is 0 Å². The molecule has 1 aliphatic rings. The molecule has 4 rings (SSSR count). The number of halogens is 1. The highest BCUT2D eigenvalue weighted by Crippen LogP contribution is 2.23. The fourth-order valence-corrected chi connectivity index (χ4v) is 3.65. The van der Waals surface area contributed by atoms with Gasteiger partial charge in [0.1, 0.15) is 5.58 Å². The van der Waals surface area contributed by atoms with Gasteiger partial charge >= 0.3 is 6.03 Å². The molecule has 0 unspecified atom stereocenters. The summed E-state index contributed by atoms with van der Waals surface area (Å²) in [6.45, 7) is 1.88. The van der Waals surface area contributed by atoms with Gasteiger partial charge in [0, 0.05) is 35.7 Å². The molecule has 0 spiro atoms. The summed E-state index contributed by atoms with van der Waals surface area (Å²) in [6.07, 6.45) is 1.68. The van der Waals surface area contributed by atoms with Crippen molar-refractivity contribution in [2.75, 3.05) is 25.0 Å². The van der Waals surface area contributed by atoms with Crippen LogP contribution in [0.3, 0.4) is 0 Å². The number of rotatable bonds is 4. The lowest BCUT2D eigenvalue weighted by molar-refractivity contribution is 0.0661. The van der Waals surface area contributed by atoms with Crippen molar-refractivity contribution in [3.63, 3.8) is 0 Å². The number of nitrogens with one attached hydrogen (secondary N) is 2. The van der Waals surface area contributed by atoms with E-state index in [9.17, 15) is 9.59 Å². The van der Waals surface area contributed by atoms with Gasteiger partial charge in [0.2, 0.25) is 0 Å². The van der Waals surface area contributed by atoms with Crippen LogP contribution in [-0.4, -0.2) is 36.5 Å². The largest absolute Gasteiger partial charge is 0.451 e. The Labute approximate surface area is 173 Å². The number of urea groups is 1. The molecule has 2 heterocycles. The third kappa shape index (κ3) is 4.71. The molecular formula is C22H22ClN3O3. The summed E-state index contributed by atoms with van der Waals surface area (Å²) in [5, 5.41) is 7.25. The molecule has 0 saturated carbocycles. The minimum atomic E-state index is -0.242. The summed E-state index contributed by atoms with van der Waals surface area (Å²) in [5.41, 5.74) is 1.42. The molecule has 1 aromatic heterocycles. The highest BCUT2D eigenvalue weighted by atomic mass is 35.5. The Hall–Kier alpha value is -2.99. The van der Waals surface area contributed by atoms with Crippen molar-refractivity contribution in [3.05, 3.63) is 65.4 Å². The maximum atomic E-state index is 12.7. The molecule has 29 heavy (non-hydrogen) atoms. The van der Waals surface area contributed by atoms with Crippen molar-refractivity contribution < 1.29 is 14.0 Å². The minimum Gasteiger partial charge on any atom is -0.451 e. The molecule has 0 atom stereocenters. The smallest absolute Gasteiger partial charge is 0.319 e. The van der Waals surface area contributed by atoms with Crippen LogP contribution in [0, 0.1) is 5.92 Å². The fourth-order valence-electron chi connectivity index (χ4n) is 3.53. The molecule has 6 nitrogen and oxygen atoms in total. The van der Waals surface area contributed by atoms with Gasteiger partial charge in [-0.2, -0.15) is 0 Å². The van der Waals surface area contributed by atoms with Gasteiger partial charge in [0.05, 0.1) is 0 Å². The number of carbonyl (C=O) groups is 2. The zero-order chi connectivity index (χ0) is 20.2. The van der Waals surface area contributed by atoms with E-state index in [2.05, 4.69) is 10.6 Å². The predicted octanol–water partition coefficient (Wildman–Crippen LogP) is 4.76. The quantitative estimate of drug-likeness (QED) is 0.650. The second-order valence-electron chi connectivity index (χ2n) is 7.23. The molecular weight excluding hydrogens is 390 g/mol. The van der Waals surface area contributed by atoms with Crippen molar-refractivity contribution in [2.45, 2.75) is 12.8 Å². The van der Waals surface area contributed by atoms with Gasteiger partial charge in [-0.3, -0.25) is 4.79 Å². The third-order valence-electron chi connectivity index (χ3n) is 5.19. The number of benzene rings is 2. The van der Waals surface area contributed by atoms with E-state index < -0.39 is 0 Å². The molecule has 2 N–H and O–H groups in total. The molecule has 3 amide bonds. The van der Waals surface area contributed by atoms with E-state index in [0.717, 1.165) is 23.8 Å². The average Bonchev–Trinajstić information content (AvgIpc) is 3.18. The second-order valence-corrected chi connectivity index (χ2v) is 7.66. The second kappa shape index (κ2) is 8.57. The monoisotopic (exact) mass is 411 g/mol. The zero-order valence-corrected chi connectivity index (χ0v) is 16.6. The first-order chi connectivity index (χ1) is 14.1.